The summed E-state index contributed by atoms with van der Waals surface area (Å²) in [5.74, 6) is -0.388. The monoisotopic (exact) mass is 203 g/mol. The number of carboxylic acids is 1. The summed E-state index contributed by atoms with van der Waals surface area (Å²) in [6.45, 7) is 0. The first-order valence-corrected chi connectivity index (χ1v) is 4.35. The lowest BCUT2D eigenvalue weighted by molar-refractivity contribution is 0.0686. The van der Waals surface area contributed by atoms with Crippen molar-refractivity contribution in [2.45, 2.75) is 0 Å². The minimum atomic E-state index is -0.986. The van der Waals surface area contributed by atoms with Crippen molar-refractivity contribution in [1.82, 2.24) is 14.5 Å². The fraction of sp³-hybridized carbons (Fsp3) is 0.100. The van der Waals surface area contributed by atoms with E-state index in [2.05, 4.69) is 9.97 Å². The van der Waals surface area contributed by atoms with Crippen molar-refractivity contribution in [2.24, 2.45) is 7.05 Å². The van der Waals surface area contributed by atoms with Crippen LogP contribution in [0.2, 0.25) is 0 Å². The molecule has 0 amide bonds. The normalized spacial score (nSPS) is 10.2. The van der Waals surface area contributed by atoms with Gasteiger partial charge in [0.1, 0.15) is 11.5 Å². The summed E-state index contributed by atoms with van der Waals surface area (Å²) in [7, 11) is 1.67. The Morgan fingerprint density at radius 1 is 1.47 bits per heavy atom. The van der Waals surface area contributed by atoms with Gasteiger partial charge in [-0.2, -0.15) is 0 Å². The van der Waals surface area contributed by atoms with Crippen LogP contribution in [0.3, 0.4) is 0 Å². The summed E-state index contributed by atoms with van der Waals surface area (Å²) in [5.41, 5.74) is 0.960. The van der Waals surface area contributed by atoms with E-state index in [1.165, 1.54) is 10.8 Å². The third-order valence-corrected chi connectivity index (χ3v) is 2.13. The third kappa shape index (κ3) is 1.59. The molecule has 76 valence electrons. The number of imidazole rings is 1. The highest BCUT2D eigenvalue weighted by molar-refractivity contribution is 5.86. The van der Waals surface area contributed by atoms with E-state index in [0.717, 1.165) is 5.56 Å². The Hall–Kier alpha value is -2.17. The van der Waals surface area contributed by atoms with Crippen molar-refractivity contribution >= 4 is 5.97 Å². The van der Waals surface area contributed by atoms with E-state index in [1.54, 1.807) is 25.5 Å². The Kier molecular flexibility index (Phi) is 2.21. The van der Waals surface area contributed by atoms with Gasteiger partial charge in [0.15, 0.2) is 0 Å². The number of nitrogens with zero attached hydrogens (tertiary/aromatic N) is 3. The maximum absolute atomic E-state index is 10.8. The highest BCUT2D eigenvalue weighted by atomic mass is 16.4. The molecular weight excluding hydrogens is 194 g/mol. The molecule has 2 rings (SSSR count). The largest absolute Gasteiger partial charge is 0.477 e. The second-order valence-electron chi connectivity index (χ2n) is 3.07. The van der Waals surface area contributed by atoms with E-state index >= 15 is 0 Å². The molecule has 5 nitrogen and oxygen atoms in total. The second-order valence-corrected chi connectivity index (χ2v) is 3.07. The van der Waals surface area contributed by atoms with Crippen molar-refractivity contribution in [2.75, 3.05) is 0 Å². The Labute approximate surface area is 86.0 Å². The Morgan fingerprint density at radius 3 is 2.80 bits per heavy atom. The first-order valence-electron chi connectivity index (χ1n) is 4.35. The summed E-state index contributed by atoms with van der Waals surface area (Å²) in [6, 6.07) is 3.62. The van der Waals surface area contributed by atoms with E-state index < -0.39 is 5.97 Å². The predicted molar refractivity (Wildman–Crippen MR) is 53.4 cm³/mol. The molecular formula is C10H9N3O2. The standard InChI is InChI=1S/C10H9N3O2/c1-13-8(10(14)15)6-12-9(13)7-3-2-4-11-5-7/h2-6H,1H3,(H,14,15). The van der Waals surface area contributed by atoms with E-state index in [-0.39, 0.29) is 5.69 Å². The summed E-state index contributed by atoms with van der Waals surface area (Å²) < 4.78 is 1.53. The molecule has 0 aliphatic carbocycles. The number of pyridine rings is 1. The first kappa shape index (κ1) is 9.39. The second kappa shape index (κ2) is 3.53. The van der Waals surface area contributed by atoms with Crippen LogP contribution < -0.4 is 0 Å². The van der Waals surface area contributed by atoms with Crippen LogP contribution in [0.25, 0.3) is 11.4 Å². The van der Waals surface area contributed by atoms with Gasteiger partial charge in [-0.1, -0.05) is 0 Å². The third-order valence-electron chi connectivity index (χ3n) is 2.13. The molecule has 0 unspecified atom stereocenters. The molecule has 0 aliphatic heterocycles. The summed E-state index contributed by atoms with van der Waals surface area (Å²) >= 11 is 0. The molecule has 2 aromatic heterocycles. The Bertz CT molecular complexity index is 491. The average molecular weight is 203 g/mol. The highest BCUT2D eigenvalue weighted by Crippen LogP contribution is 2.16. The molecule has 2 aromatic rings. The van der Waals surface area contributed by atoms with E-state index in [1.807, 2.05) is 6.07 Å². The van der Waals surface area contributed by atoms with Gasteiger partial charge in [-0.25, -0.2) is 9.78 Å². The summed E-state index contributed by atoms with van der Waals surface area (Å²) in [5, 5.41) is 8.85. The lowest BCUT2D eigenvalue weighted by atomic mass is 10.3. The summed E-state index contributed by atoms with van der Waals surface area (Å²) in [6.07, 6.45) is 4.64. The lowest BCUT2D eigenvalue weighted by Gasteiger charge is -2.02. The van der Waals surface area contributed by atoms with Gasteiger partial charge in [-0.05, 0) is 12.1 Å². The topological polar surface area (TPSA) is 68.0 Å². The quantitative estimate of drug-likeness (QED) is 0.795. The zero-order valence-electron chi connectivity index (χ0n) is 8.08. The van der Waals surface area contributed by atoms with E-state index in [4.69, 9.17) is 5.11 Å². The number of carboxylic acid groups (broad SMARTS) is 1. The fourth-order valence-electron chi connectivity index (χ4n) is 1.37. The maximum Gasteiger partial charge on any atom is 0.354 e. The van der Waals surface area contributed by atoms with Crippen LogP contribution in [0, 0.1) is 0 Å². The van der Waals surface area contributed by atoms with Gasteiger partial charge in [-0.3, -0.25) is 4.98 Å². The van der Waals surface area contributed by atoms with Crippen LogP contribution in [0.1, 0.15) is 10.5 Å². The van der Waals surface area contributed by atoms with Gasteiger partial charge in [0, 0.05) is 25.0 Å². The molecule has 0 bridgehead atoms. The molecule has 1 N–H and O–H groups in total. The first-order chi connectivity index (χ1) is 7.20. The maximum atomic E-state index is 10.8. The van der Waals surface area contributed by atoms with Crippen LogP contribution in [0.4, 0.5) is 0 Å². The van der Waals surface area contributed by atoms with Gasteiger partial charge < -0.3 is 9.67 Å². The van der Waals surface area contributed by atoms with Crippen molar-refractivity contribution < 1.29 is 9.90 Å². The van der Waals surface area contributed by atoms with Gasteiger partial charge >= 0.3 is 5.97 Å². The number of hydrogen-bond acceptors (Lipinski definition) is 3. The molecule has 0 radical (unpaired) electrons. The van der Waals surface area contributed by atoms with Gasteiger partial charge in [-0.15, -0.1) is 0 Å². The van der Waals surface area contributed by atoms with Gasteiger partial charge in [0.2, 0.25) is 0 Å². The lowest BCUT2D eigenvalue weighted by Crippen LogP contribution is -2.05. The smallest absolute Gasteiger partial charge is 0.354 e. The molecule has 0 atom stereocenters. The molecule has 2 heterocycles. The van der Waals surface area contributed by atoms with Crippen molar-refractivity contribution in [3.63, 3.8) is 0 Å². The van der Waals surface area contributed by atoms with E-state index in [0.29, 0.717) is 5.82 Å². The van der Waals surface area contributed by atoms with Crippen molar-refractivity contribution in [3.8, 4) is 11.4 Å². The SMILES string of the molecule is Cn1c(C(=O)O)cnc1-c1cccnc1. The molecule has 0 spiro atoms. The number of aromatic nitrogens is 3. The molecule has 5 heteroatoms. The molecule has 0 aliphatic rings. The van der Waals surface area contributed by atoms with Gasteiger partial charge in [0.05, 0.1) is 6.20 Å². The summed E-state index contributed by atoms with van der Waals surface area (Å²) in [4.78, 5) is 18.8. The number of aromatic carboxylic acids is 1. The highest BCUT2D eigenvalue weighted by Gasteiger charge is 2.13. The number of hydrogen-bond donors (Lipinski definition) is 1. The average Bonchev–Trinajstić information content (AvgIpc) is 2.61. The number of carbonyl (C=O) groups is 1. The van der Waals surface area contributed by atoms with Crippen LogP contribution in [0.15, 0.2) is 30.7 Å². The molecule has 0 saturated heterocycles. The van der Waals surface area contributed by atoms with Crippen molar-refractivity contribution in [3.05, 3.63) is 36.4 Å². The van der Waals surface area contributed by atoms with Crippen LogP contribution in [-0.2, 0) is 7.05 Å². The Balaban J connectivity index is 2.52. The fourth-order valence-corrected chi connectivity index (χ4v) is 1.37. The molecule has 0 aromatic carbocycles. The zero-order valence-corrected chi connectivity index (χ0v) is 8.08. The Morgan fingerprint density at radius 2 is 2.27 bits per heavy atom. The number of rotatable bonds is 2. The zero-order chi connectivity index (χ0) is 10.8. The van der Waals surface area contributed by atoms with Gasteiger partial charge in [0.25, 0.3) is 0 Å². The minimum absolute atomic E-state index is 0.161. The van der Waals surface area contributed by atoms with Crippen LogP contribution in [0.5, 0.6) is 0 Å². The van der Waals surface area contributed by atoms with Crippen LogP contribution >= 0.6 is 0 Å². The molecule has 0 saturated carbocycles. The van der Waals surface area contributed by atoms with Crippen LogP contribution in [-0.4, -0.2) is 25.6 Å². The minimum Gasteiger partial charge on any atom is -0.477 e. The van der Waals surface area contributed by atoms with E-state index in [9.17, 15) is 4.79 Å². The predicted octanol–water partition coefficient (Wildman–Crippen LogP) is 1.18. The van der Waals surface area contributed by atoms with Crippen molar-refractivity contribution in [1.29, 1.82) is 0 Å². The molecule has 15 heavy (non-hydrogen) atoms. The molecule has 0 fully saturated rings.